The Morgan fingerprint density at radius 3 is 2.60 bits per heavy atom. The molecule has 0 aromatic carbocycles. The lowest BCUT2D eigenvalue weighted by atomic mass is 10.2. The third-order valence-corrected chi connectivity index (χ3v) is 2.96. The van der Waals surface area contributed by atoms with Crippen molar-refractivity contribution in [1.82, 2.24) is 9.55 Å². The zero-order valence-electron chi connectivity index (χ0n) is 9.04. The first kappa shape index (κ1) is 10.1. The van der Waals surface area contributed by atoms with Gasteiger partial charge in [0, 0.05) is 37.1 Å². The van der Waals surface area contributed by atoms with E-state index in [1.54, 1.807) is 11.5 Å². The number of ketones is 1. The molecule has 0 fully saturated rings. The van der Waals surface area contributed by atoms with Crippen molar-refractivity contribution in [2.24, 2.45) is 0 Å². The fourth-order valence-electron chi connectivity index (χ4n) is 1.85. The van der Waals surface area contributed by atoms with Crippen LogP contribution in [-0.4, -0.2) is 15.3 Å². The van der Waals surface area contributed by atoms with Gasteiger partial charge in [-0.2, -0.15) is 0 Å². The van der Waals surface area contributed by atoms with E-state index in [1.807, 2.05) is 6.92 Å². The fourth-order valence-corrected chi connectivity index (χ4v) is 1.85. The molecule has 0 radical (unpaired) electrons. The molecule has 2 rings (SSSR count). The van der Waals surface area contributed by atoms with Crippen LogP contribution in [0.4, 0.5) is 0 Å². The van der Waals surface area contributed by atoms with Crippen molar-refractivity contribution in [2.75, 3.05) is 0 Å². The van der Waals surface area contributed by atoms with Crippen LogP contribution in [0.5, 0.6) is 0 Å². The smallest absolute Gasteiger partial charge is 0.256 e. The number of rotatable bonds is 0. The number of hydrogen-bond donors (Lipinski definition) is 0. The molecule has 80 valence electrons. The van der Waals surface area contributed by atoms with Crippen molar-refractivity contribution in [2.45, 2.75) is 39.7 Å². The third kappa shape index (κ3) is 1.71. The van der Waals surface area contributed by atoms with Crippen molar-refractivity contribution in [3.8, 4) is 0 Å². The largest absolute Gasteiger partial charge is 0.300 e. The summed E-state index contributed by atoms with van der Waals surface area (Å²) in [4.78, 5) is 27.6. The SMILES string of the molecule is Cc1nc2n(c(=O)c1C)CCC(=O)CC2. The summed E-state index contributed by atoms with van der Waals surface area (Å²) in [5.74, 6) is 0.976. The van der Waals surface area contributed by atoms with Crippen LogP contribution in [0.25, 0.3) is 0 Å². The molecule has 0 aliphatic carbocycles. The Morgan fingerprint density at radius 2 is 1.87 bits per heavy atom. The number of carbonyl (C=O) groups excluding carboxylic acids is 1. The first-order chi connectivity index (χ1) is 7.09. The minimum Gasteiger partial charge on any atom is -0.300 e. The van der Waals surface area contributed by atoms with Gasteiger partial charge in [-0.25, -0.2) is 4.98 Å². The normalized spacial score (nSPS) is 16.0. The molecule has 0 saturated heterocycles. The Kier molecular flexibility index (Phi) is 2.42. The molecule has 0 unspecified atom stereocenters. The Labute approximate surface area is 88.0 Å². The second kappa shape index (κ2) is 3.61. The lowest BCUT2D eigenvalue weighted by Gasteiger charge is -2.10. The molecule has 1 aliphatic heterocycles. The maximum atomic E-state index is 11.9. The molecule has 0 N–H and O–H groups in total. The van der Waals surface area contributed by atoms with E-state index in [0.29, 0.717) is 31.4 Å². The van der Waals surface area contributed by atoms with Crippen LogP contribution >= 0.6 is 0 Å². The Balaban J connectivity index is 2.58. The number of carbonyl (C=O) groups is 1. The van der Waals surface area contributed by atoms with Gasteiger partial charge in [-0.1, -0.05) is 0 Å². The van der Waals surface area contributed by atoms with Crippen LogP contribution in [0.1, 0.15) is 29.9 Å². The van der Waals surface area contributed by atoms with E-state index in [4.69, 9.17) is 0 Å². The Morgan fingerprint density at radius 1 is 1.13 bits per heavy atom. The molecule has 1 aromatic heterocycles. The van der Waals surface area contributed by atoms with Gasteiger partial charge in [-0.3, -0.25) is 14.2 Å². The molecule has 0 spiro atoms. The monoisotopic (exact) mass is 206 g/mol. The standard InChI is InChI=1S/C11H14N2O2/c1-7-8(2)12-10-4-3-9(14)5-6-13(10)11(7)15/h3-6H2,1-2H3. The molecular weight excluding hydrogens is 192 g/mol. The topological polar surface area (TPSA) is 52.0 Å². The molecule has 0 amide bonds. The average molecular weight is 206 g/mol. The van der Waals surface area contributed by atoms with E-state index in [9.17, 15) is 9.59 Å². The number of aryl methyl sites for hydroxylation is 2. The predicted molar refractivity (Wildman–Crippen MR) is 55.9 cm³/mol. The minimum absolute atomic E-state index is 0.00667. The van der Waals surface area contributed by atoms with Gasteiger partial charge in [-0.15, -0.1) is 0 Å². The van der Waals surface area contributed by atoms with Gasteiger partial charge < -0.3 is 0 Å². The molecule has 4 heteroatoms. The molecule has 0 saturated carbocycles. The summed E-state index contributed by atoms with van der Waals surface area (Å²) in [6.45, 7) is 4.11. The summed E-state index contributed by atoms with van der Waals surface area (Å²) in [6.07, 6.45) is 1.56. The van der Waals surface area contributed by atoms with Crippen LogP contribution < -0.4 is 5.56 Å². The summed E-state index contributed by atoms with van der Waals surface area (Å²) < 4.78 is 1.65. The van der Waals surface area contributed by atoms with E-state index >= 15 is 0 Å². The second-order valence-corrected chi connectivity index (χ2v) is 3.98. The number of aromatic nitrogens is 2. The summed E-state index contributed by atoms with van der Waals surface area (Å²) >= 11 is 0. The molecule has 1 aromatic rings. The fraction of sp³-hybridized carbons (Fsp3) is 0.545. The van der Waals surface area contributed by atoms with Gasteiger partial charge in [0.25, 0.3) is 5.56 Å². The highest BCUT2D eigenvalue weighted by Gasteiger charge is 2.16. The zero-order chi connectivity index (χ0) is 11.0. The molecule has 2 heterocycles. The van der Waals surface area contributed by atoms with Crippen molar-refractivity contribution in [3.05, 3.63) is 27.4 Å². The highest BCUT2D eigenvalue weighted by Crippen LogP contribution is 2.09. The minimum atomic E-state index is 0.00667. The maximum absolute atomic E-state index is 11.9. The summed E-state index contributed by atoms with van der Waals surface area (Å²) in [5, 5.41) is 0. The lowest BCUT2D eigenvalue weighted by molar-refractivity contribution is -0.119. The number of Topliss-reactive ketones (excluding diaryl/α,β-unsaturated/α-hetero) is 1. The highest BCUT2D eigenvalue weighted by atomic mass is 16.1. The molecule has 0 bridgehead atoms. The van der Waals surface area contributed by atoms with Gasteiger partial charge in [0.15, 0.2) is 0 Å². The Bertz CT molecular complexity index is 474. The zero-order valence-corrected chi connectivity index (χ0v) is 9.04. The first-order valence-corrected chi connectivity index (χ1v) is 5.18. The van der Waals surface area contributed by atoms with Crippen LogP contribution in [0.15, 0.2) is 4.79 Å². The highest BCUT2D eigenvalue weighted by molar-refractivity contribution is 5.78. The number of fused-ring (bicyclic) bond motifs is 1. The maximum Gasteiger partial charge on any atom is 0.256 e. The van der Waals surface area contributed by atoms with Crippen LogP contribution in [0.2, 0.25) is 0 Å². The second-order valence-electron chi connectivity index (χ2n) is 3.98. The van der Waals surface area contributed by atoms with Gasteiger partial charge in [-0.05, 0) is 13.8 Å². The molecule has 0 atom stereocenters. The van der Waals surface area contributed by atoms with Crippen molar-refractivity contribution in [1.29, 1.82) is 0 Å². The number of hydrogen-bond acceptors (Lipinski definition) is 3. The molecule has 15 heavy (non-hydrogen) atoms. The molecular formula is C11H14N2O2. The van der Waals surface area contributed by atoms with Gasteiger partial charge in [0.1, 0.15) is 11.6 Å². The van der Waals surface area contributed by atoms with Crippen molar-refractivity contribution < 1.29 is 4.79 Å². The average Bonchev–Trinajstić information content (AvgIpc) is 2.38. The van der Waals surface area contributed by atoms with Gasteiger partial charge in [0.05, 0.1) is 0 Å². The molecule has 4 nitrogen and oxygen atoms in total. The van der Waals surface area contributed by atoms with E-state index in [2.05, 4.69) is 4.98 Å². The van der Waals surface area contributed by atoms with E-state index in [0.717, 1.165) is 11.5 Å². The van der Waals surface area contributed by atoms with Gasteiger partial charge >= 0.3 is 0 Å². The predicted octanol–water partition coefficient (Wildman–Crippen LogP) is 0.766. The quantitative estimate of drug-likeness (QED) is 0.630. The van der Waals surface area contributed by atoms with Gasteiger partial charge in [0.2, 0.25) is 0 Å². The summed E-state index contributed by atoms with van der Waals surface area (Å²) in [7, 11) is 0. The van der Waals surface area contributed by atoms with Crippen LogP contribution in [-0.2, 0) is 17.8 Å². The van der Waals surface area contributed by atoms with E-state index in [-0.39, 0.29) is 11.3 Å². The first-order valence-electron chi connectivity index (χ1n) is 5.18. The van der Waals surface area contributed by atoms with Crippen molar-refractivity contribution in [3.63, 3.8) is 0 Å². The Hall–Kier alpha value is -1.45. The number of nitrogens with zero attached hydrogens (tertiary/aromatic N) is 2. The van der Waals surface area contributed by atoms with E-state index in [1.165, 1.54) is 0 Å². The third-order valence-electron chi connectivity index (χ3n) is 2.96. The van der Waals surface area contributed by atoms with Crippen LogP contribution in [0, 0.1) is 13.8 Å². The summed E-state index contributed by atoms with van der Waals surface area (Å²) in [6, 6.07) is 0. The van der Waals surface area contributed by atoms with Crippen LogP contribution in [0.3, 0.4) is 0 Å². The van der Waals surface area contributed by atoms with E-state index < -0.39 is 0 Å². The lowest BCUT2D eigenvalue weighted by Crippen LogP contribution is -2.27. The molecule has 1 aliphatic rings. The summed E-state index contributed by atoms with van der Waals surface area (Å²) in [5.41, 5.74) is 1.47. The van der Waals surface area contributed by atoms with Crippen molar-refractivity contribution >= 4 is 5.78 Å².